The number of carbonyl (C=O) groups is 1. The molecule has 30 heavy (non-hydrogen) atoms. The number of anilines is 3. The van der Waals surface area contributed by atoms with Crippen molar-refractivity contribution in [2.24, 2.45) is 0 Å². The Balaban J connectivity index is 1.92. The van der Waals surface area contributed by atoms with Gasteiger partial charge >= 0.3 is 0 Å². The van der Waals surface area contributed by atoms with Crippen LogP contribution in [0.2, 0.25) is 0 Å². The highest BCUT2D eigenvalue weighted by atomic mass is 32.2. The van der Waals surface area contributed by atoms with Gasteiger partial charge in [-0.15, -0.1) is 11.8 Å². The molecule has 1 aromatic heterocycles. The number of aromatic nitrogens is 2. The van der Waals surface area contributed by atoms with E-state index in [0.29, 0.717) is 22.5 Å². The maximum Gasteiger partial charge on any atom is 0.234 e. The summed E-state index contributed by atoms with van der Waals surface area (Å²) < 4.78 is 68.6. The molecule has 3 rings (SSSR count). The van der Waals surface area contributed by atoms with Crippen LogP contribution in [0.5, 0.6) is 0 Å². The highest BCUT2D eigenvalue weighted by molar-refractivity contribution is 7.99. The largest absolute Gasteiger partial charge is 0.372 e. The van der Waals surface area contributed by atoms with Crippen LogP contribution in [0.4, 0.5) is 30.4 Å². The van der Waals surface area contributed by atoms with Gasteiger partial charge in [-0.3, -0.25) is 9.52 Å². The zero-order chi connectivity index (χ0) is 22.1. The van der Waals surface area contributed by atoms with Crippen molar-refractivity contribution >= 4 is 44.9 Å². The summed E-state index contributed by atoms with van der Waals surface area (Å²) in [5.74, 6) is -5.83. The molecule has 162 valence electrons. The number of amides is 1. The predicted molar refractivity (Wildman–Crippen MR) is 108 cm³/mol. The second kappa shape index (κ2) is 8.68. The van der Waals surface area contributed by atoms with Crippen LogP contribution in [-0.2, 0) is 14.8 Å². The molecule has 0 aliphatic carbocycles. The summed E-state index contributed by atoms with van der Waals surface area (Å²) in [6, 6.07) is 0.390. The average Bonchev–Trinajstić information content (AvgIpc) is 3.13. The van der Waals surface area contributed by atoms with Crippen molar-refractivity contribution < 1.29 is 26.4 Å². The molecule has 0 fully saturated rings. The number of fused-ring (bicyclic) bond motifs is 1. The third-order valence-electron chi connectivity index (χ3n) is 4.25. The summed E-state index contributed by atoms with van der Waals surface area (Å²) in [4.78, 5) is 21.4. The first-order valence-electron chi connectivity index (χ1n) is 8.82. The quantitative estimate of drug-likeness (QED) is 0.544. The van der Waals surface area contributed by atoms with Gasteiger partial charge < -0.3 is 10.6 Å². The maximum absolute atomic E-state index is 14.8. The van der Waals surface area contributed by atoms with Gasteiger partial charge in [-0.1, -0.05) is 6.92 Å². The minimum Gasteiger partial charge on any atom is -0.372 e. The number of nitrogens with zero attached hydrogens (tertiary/aromatic N) is 2. The maximum atomic E-state index is 14.8. The molecule has 1 aliphatic heterocycles. The first kappa shape index (κ1) is 22.2. The molecule has 13 heteroatoms. The number of hydrogen-bond donors (Lipinski definition) is 3. The van der Waals surface area contributed by atoms with Gasteiger partial charge in [0.05, 0.1) is 27.9 Å². The molecule has 1 aromatic carbocycles. The monoisotopic (exact) mass is 461 g/mol. The Kier molecular flexibility index (Phi) is 6.41. The zero-order valence-electron chi connectivity index (χ0n) is 15.9. The standard InChI is InChI=1S/C17H18F3N5O3S2/c1-3-4-30(27,28)25-10-5-9(18)11(19)14(12(10)20)24-17(26)8-6-29-15-13(8)22-7-23-16(15)21-2/h5,7-8,25H,3-4,6H2,1-2H3,(H,24,26)(H,21,22,23). The first-order chi connectivity index (χ1) is 14.2. The van der Waals surface area contributed by atoms with E-state index in [4.69, 9.17) is 0 Å². The number of hydrogen-bond acceptors (Lipinski definition) is 7. The van der Waals surface area contributed by atoms with Gasteiger partial charge in [-0.2, -0.15) is 0 Å². The highest BCUT2D eigenvalue weighted by Crippen LogP contribution is 2.42. The Morgan fingerprint density at radius 1 is 1.27 bits per heavy atom. The average molecular weight is 461 g/mol. The fourth-order valence-electron chi connectivity index (χ4n) is 2.89. The molecule has 1 amide bonds. The van der Waals surface area contributed by atoms with E-state index in [9.17, 15) is 26.4 Å². The van der Waals surface area contributed by atoms with E-state index in [2.05, 4.69) is 15.3 Å². The van der Waals surface area contributed by atoms with Crippen LogP contribution in [0.25, 0.3) is 0 Å². The number of halogens is 3. The van der Waals surface area contributed by atoms with Crippen molar-refractivity contribution in [2.75, 3.05) is 33.9 Å². The number of thioether (sulfide) groups is 1. The Labute approximate surface area is 175 Å². The van der Waals surface area contributed by atoms with Crippen molar-refractivity contribution in [1.29, 1.82) is 0 Å². The molecule has 1 aliphatic rings. The fraction of sp³-hybridized carbons (Fsp3) is 0.353. The molecule has 3 N–H and O–H groups in total. The summed E-state index contributed by atoms with van der Waals surface area (Å²) >= 11 is 1.29. The van der Waals surface area contributed by atoms with Crippen molar-refractivity contribution in [1.82, 2.24) is 9.97 Å². The SMILES string of the molecule is CCCS(=O)(=O)Nc1cc(F)c(F)c(NC(=O)C2CSc3c(NC)ncnc32)c1F. The van der Waals surface area contributed by atoms with Gasteiger partial charge in [-0.05, 0) is 6.42 Å². The highest BCUT2D eigenvalue weighted by Gasteiger charge is 2.34. The third-order valence-corrected chi connectivity index (χ3v) is 6.92. The molecule has 8 nitrogen and oxygen atoms in total. The number of carbonyl (C=O) groups excluding carboxylic acids is 1. The van der Waals surface area contributed by atoms with Crippen molar-refractivity contribution in [3.8, 4) is 0 Å². The van der Waals surface area contributed by atoms with Crippen molar-refractivity contribution in [3.05, 3.63) is 35.5 Å². The molecular formula is C17H18F3N5O3S2. The second-order valence-electron chi connectivity index (χ2n) is 6.37. The predicted octanol–water partition coefficient (Wildman–Crippen LogP) is 2.92. The molecule has 0 saturated heterocycles. The van der Waals surface area contributed by atoms with Gasteiger partial charge in [0.15, 0.2) is 17.5 Å². The van der Waals surface area contributed by atoms with Gasteiger partial charge in [0.1, 0.15) is 17.8 Å². The topological polar surface area (TPSA) is 113 Å². The second-order valence-corrected chi connectivity index (χ2v) is 9.24. The lowest BCUT2D eigenvalue weighted by Gasteiger charge is -2.15. The summed E-state index contributed by atoms with van der Waals surface area (Å²) in [5, 5.41) is 4.90. The zero-order valence-corrected chi connectivity index (χ0v) is 17.6. The summed E-state index contributed by atoms with van der Waals surface area (Å²) in [7, 11) is -2.32. The van der Waals surface area contributed by atoms with Crippen LogP contribution in [0.1, 0.15) is 25.0 Å². The summed E-state index contributed by atoms with van der Waals surface area (Å²) in [5.41, 5.74) is -1.49. The van der Waals surface area contributed by atoms with Crippen LogP contribution in [-0.4, -0.2) is 42.8 Å². The normalized spacial score (nSPS) is 15.6. The Morgan fingerprint density at radius 2 is 2.00 bits per heavy atom. The lowest BCUT2D eigenvalue weighted by molar-refractivity contribution is -0.117. The molecule has 0 radical (unpaired) electrons. The van der Waals surface area contributed by atoms with E-state index in [0.717, 1.165) is 0 Å². The number of benzene rings is 1. The number of nitrogens with one attached hydrogen (secondary N) is 3. The molecule has 2 aromatic rings. The van der Waals surface area contributed by atoms with E-state index < -0.39 is 50.7 Å². The number of rotatable bonds is 7. The molecule has 1 unspecified atom stereocenters. The van der Waals surface area contributed by atoms with Crippen molar-refractivity contribution in [3.63, 3.8) is 0 Å². The van der Waals surface area contributed by atoms with Gasteiger partial charge in [0.2, 0.25) is 15.9 Å². The van der Waals surface area contributed by atoms with Crippen LogP contribution >= 0.6 is 11.8 Å². The minimum absolute atomic E-state index is 0.236. The molecule has 0 saturated carbocycles. The lowest BCUT2D eigenvalue weighted by atomic mass is 10.1. The van der Waals surface area contributed by atoms with Crippen LogP contribution in [0.3, 0.4) is 0 Å². The lowest BCUT2D eigenvalue weighted by Crippen LogP contribution is -2.24. The van der Waals surface area contributed by atoms with Gasteiger partial charge in [0, 0.05) is 18.9 Å². The molecule has 0 spiro atoms. The Hall–Kier alpha value is -2.54. The Morgan fingerprint density at radius 3 is 2.67 bits per heavy atom. The number of sulfonamides is 1. The van der Waals surface area contributed by atoms with E-state index in [1.54, 1.807) is 14.0 Å². The van der Waals surface area contributed by atoms with Crippen molar-refractivity contribution in [2.45, 2.75) is 24.2 Å². The van der Waals surface area contributed by atoms with E-state index in [1.165, 1.54) is 18.1 Å². The molecule has 1 atom stereocenters. The first-order valence-corrected chi connectivity index (χ1v) is 11.5. The van der Waals surface area contributed by atoms with Crippen LogP contribution < -0.4 is 15.4 Å². The van der Waals surface area contributed by atoms with Gasteiger partial charge in [-0.25, -0.2) is 31.6 Å². The van der Waals surface area contributed by atoms with Gasteiger partial charge in [0.25, 0.3) is 0 Å². The molecular weight excluding hydrogens is 443 g/mol. The summed E-state index contributed by atoms with van der Waals surface area (Å²) in [6.45, 7) is 1.59. The third kappa shape index (κ3) is 4.31. The van der Waals surface area contributed by atoms with Crippen LogP contribution in [0, 0.1) is 17.5 Å². The molecule has 2 heterocycles. The van der Waals surface area contributed by atoms with E-state index in [-0.39, 0.29) is 17.9 Å². The Bertz CT molecular complexity index is 1100. The molecule has 0 bridgehead atoms. The van der Waals surface area contributed by atoms with E-state index >= 15 is 0 Å². The van der Waals surface area contributed by atoms with Crippen LogP contribution in [0.15, 0.2) is 17.3 Å². The summed E-state index contributed by atoms with van der Waals surface area (Å²) in [6.07, 6.45) is 1.49. The van der Waals surface area contributed by atoms with E-state index in [1.807, 2.05) is 10.0 Å². The fourth-order valence-corrected chi connectivity index (χ4v) is 5.29. The smallest absolute Gasteiger partial charge is 0.234 e. The minimum atomic E-state index is -3.96.